The Balaban J connectivity index is 0.000000132. The predicted molar refractivity (Wildman–Crippen MR) is 422 cm³/mol. The fourth-order valence-corrected chi connectivity index (χ4v) is 17.9. The van der Waals surface area contributed by atoms with Crippen molar-refractivity contribution in [2.24, 2.45) is 5.92 Å². The third-order valence-corrected chi connectivity index (χ3v) is 22.8. The van der Waals surface area contributed by atoms with Crippen molar-refractivity contribution < 1.29 is 83.1 Å². The summed E-state index contributed by atoms with van der Waals surface area (Å²) in [5.41, 5.74) is 15.2. The monoisotopic (exact) mass is 1590 g/mol. The van der Waals surface area contributed by atoms with Crippen molar-refractivity contribution in [2.45, 2.75) is 95.7 Å². The van der Waals surface area contributed by atoms with Gasteiger partial charge in [-0.15, -0.1) is 28.6 Å². The largest absolute Gasteiger partial charge is 1.00 e. The molecule has 8 aromatic carbocycles. The number of benzene rings is 8. The molecule has 19 rings (SSSR count). The maximum atomic E-state index is 13.8. The Morgan fingerprint density at radius 3 is 1.50 bits per heavy atom. The number of hydrogen-bond donors (Lipinski definition) is 6. The van der Waals surface area contributed by atoms with E-state index in [0.717, 1.165) is 148 Å². The number of allylic oxidation sites excluding steroid dienone is 2. The summed E-state index contributed by atoms with van der Waals surface area (Å²) in [4.78, 5) is 98.0. The van der Waals surface area contributed by atoms with Crippen LogP contribution in [0.5, 0.6) is 11.5 Å². The number of carbonyl (C=O) groups excluding carboxylic acids is 6. The molecule has 20 nitrogen and oxygen atoms in total. The van der Waals surface area contributed by atoms with Crippen LogP contribution in [-0.2, 0) is 34.2 Å². The van der Waals surface area contributed by atoms with Gasteiger partial charge in [0.25, 0.3) is 17.7 Å². The summed E-state index contributed by atoms with van der Waals surface area (Å²) >= 11 is 9.98. The summed E-state index contributed by atoms with van der Waals surface area (Å²) in [6.45, 7) is 14.8. The van der Waals surface area contributed by atoms with Crippen LogP contribution >= 0.6 is 44.5 Å². The normalized spacial score (nSPS) is 18.7. The molecule has 9 heterocycles. The number of alkyl halides is 2. The minimum Gasteiger partial charge on any atom is -0.857 e. The van der Waals surface area contributed by atoms with E-state index in [1.54, 1.807) is 42.7 Å². The van der Waals surface area contributed by atoms with E-state index >= 15 is 0 Å². The molecule has 0 radical (unpaired) electrons. The van der Waals surface area contributed by atoms with Gasteiger partial charge in [0.05, 0.1) is 22.7 Å². The molecule has 1 spiro atoms. The topological polar surface area (TPSA) is 260 Å². The van der Waals surface area contributed by atoms with Gasteiger partial charge in [0.15, 0.2) is 5.78 Å². The van der Waals surface area contributed by atoms with Crippen LogP contribution in [0.3, 0.4) is 0 Å². The van der Waals surface area contributed by atoms with Gasteiger partial charge >= 0.3 is 41.7 Å². The molecule has 1 saturated carbocycles. The second-order valence-electron chi connectivity index (χ2n) is 30.1. The Labute approximate surface area is 663 Å². The number of halogens is 3. The van der Waals surface area contributed by atoms with Crippen molar-refractivity contribution in [1.29, 1.82) is 0 Å². The van der Waals surface area contributed by atoms with Gasteiger partial charge in [-0.25, -0.2) is 9.59 Å². The van der Waals surface area contributed by atoms with Crippen LogP contribution in [0.4, 0.5) is 38.0 Å². The van der Waals surface area contributed by atoms with Crippen molar-refractivity contribution in [3.05, 3.63) is 207 Å². The number of piperidine rings is 1. The molecule has 6 N–H and O–H groups in total. The summed E-state index contributed by atoms with van der Waals surface area (Å²) in [6, 6.07) is 44.2. The van der Waals surface area contributed by atoms with E-state index in [4.69, 9.17) is 26.2 Å². The summed E-state index contributed by atoms with van der Waals surface area (Å²) in [7, 11) is 0.750. The molecule has 8 aliphatic rings. The first kappa shape index (κ1) is 74.7. The van der Waals surface area contributed by atoms with Crippen molar-refractivity contribution in [2.75, 3.05) is 82.5 Å². The van der Waals surface area contributed by atoms with Gasteiger partial charge in [-0.1, -0.05) is 88.7 Å². The SMILES string of the molecule is Br.CC(C)(C)OC(=O)N1CCc2c1ccc1[nH]c(C(=O)N3CC4CC45C3=CC(=O)c3ccccc35)cc21.CC(C)(C)OC(=O)N1CCc2c1ccc1[nH]c(C(=O)N3C[C@@H](CCl)c4c3cc(O)c3ccccc43)cc21.C[O-].O=C(c1cc2c3c(ccc2[nH]1)NCC3)N1C[C@@H](CBr)c2c1cc(O)c1ccccc21.[Na+]. The number of ketones is 1. The Morgan fingerprint density at radius 1 is 0.551 bits per heavy atom. The molecule has 5 amide bonds. The maximum absolute atomic E-state index is 13.8. The Morgan fingerprint density at radius 2 is 1.00 bits per heavy atom. The van der Waals surface area contributed by atoms with E-state index in [-0.39, 0.29) is 111 Å². The minimum atomic E-state index is -0.579. The number of nitrogens with one attached hydrogen (secondary N) is 4. The molecule has 4 atom stereocenters. The van der Waals surface area contributed by atoms with Crippen molar-refractivity contribution in [3.63, 3.8) is 0 Å². The van der Waals surface area contributed by atoms with Crippen LogP contribution < -0.4 is 59.6 Å². The zero-order valence-corrected chi connectivity index (χ0v) is 66.6. The average Bonchev–Trinajstić information content (AvgIpc) is 1.50. The second kappa shape index (κ2) is 28.5. The zero-order chi connectivity index (χ0) is 73.4. The van der Waals surface area contributed by atoms with Crippen LogP contribution in [0, 0.1) is 5.92 Å². The predicted octanol–water partition coefficient (Wildman–Crippen LogP) is 13.0. The fourth-order valence-electron chi connectivity index (χ4n) is 17.1. The molecule has 544 valence electrons. The zero-order valence-electron chi connectivity index (χ0n) is 60.5. The van der Waals surface area contributed by atoms with Gasteiger partial charge in [0.2, 0.25) is 0 Å². The number of anilines is 5. The van der Waals surface area contributed by atoms with E-state index in [9.17, 15) is 39.0 Å². The number of phenolic OH excluding ortho intramolecular Hbond substituents is 2. The maximum Gasteiger partial charge on any atom is 1.00 e. The number of likely N-dealkylation sites (tertiary alicyclic amines) is 1. The molecular formula is C83H79Br2ClN9NaO11. The average molecular weight is 1600 g/mol. The first-order valence-corrected chi connectivity index (χ1v) is 37.2. The van der Waals surface area contributed by atoms with Gasteiger partial charge in [-0.3, -0.25) is 29.0 Å². The summed E-state index contributed by atoms with van der Waals surface area (Å²) < 4.78 is 11.2. The Kier molecular flexibility index (Phi) is 19.9. The Bertz CT molecular complexity index is 5560. The molecule has 11 aromatic rings. The van der Waals surface area contributed by atoms with Crippen LogP contribution in [0.15, 0.2) is 151 Å². The number of carbonyl (C=O) groups is 6. The number of phenols is 2. The number of ether oxygens (including phenoxy) is 2. The van der Waals surface area contributed by atoms with Crippen molar-refractivity contribution in [1.82, 2.24) is 19.9 Å². The summed E-state index contributed by atoms with van der Waals surface area (Å²) in [5.74, 6) is 0.789. The number of nitrogens with zero attached hydrogens (tertiary/aromatic N) is 5. The standard InChI is InChI=1S/C29H28ClN3O4.C29H27N3O4.C24H20BrN3O2.CH3O.BrH.Na/c1-29(2,3)37-28(36)32-11-10-17-20-12-22(31-21(20)8-9-23(17)32)27(35)33-15-16(14-30)26-19-7-5-4-6-18(19)25(34)13-24(26)33;1-28(2,3)36-27(35)31-11-10-17-19-12-22(30-21(19)8-9-23(17)31)26(34)32-15-16-14-29(16)20-7-5-4-6-18(20)24(33)13-25(29)32;25-11-13-12-28(21-10-22(29)15-3-1-2-4-16(15)23(13)21)24(30)20-9-17-14-7-8-26-18(14)5-6-19(17)27-20;1-2;;/h4-9,12-13,16,31,34H,10-11,14-15H2,1-3H3;4-9,12-13,16,30H,10-11,14-15H2,1-3H3;1-6,9-10,13,26-27,29H,7-8,11-12H2;1H3;1H;/q;;;-1;;+1/t16-;;13-;;;/m1.1.../s1. The number of aromatic hydroxyl groups is 2. The minimum absolute atomic E-state index is 0. The van der Waals surface area contributed by atoms with Gasteiger partial charge < -0.3 is 59.8 Å². The molecule has 1 saturated heterocycles. The second-order valence-corrected chi connectivity index (χ2v) is 31.1. The number of rotatable bonds is 5. The molecule has 2 unspecified atom stereocenters. The molecule has 2 aliphatic carbocycles. The van der Waals surface area contributed by atoms with Crippen LogP contribution in [-0.4, -0.2) is 135 Å². The van der Waals surface area contributed by atoms with E-state index in [0.29, 0.717) is 80.1 Å². The number of aromatic amines is 3. The van der Waals surface area contributed by atoms with Gasteiger partial charge in [-0.2, -0.15) is 7.11 Å². The fraction of sp³-hybridized carbons (Fsp3) is 0.301. The number of fused-ring (bicyclic) bond motifs is 16. The quantitative estimate of drug-likeness (QED) is 0.0694. The molecule has 107 heavy (non-hydrogen) atoms. The number of hydrogen-bond acceptors (Lipinski definition) is 12. The molecule has 2 fully saturated rings. The first-order chi connectivity index (χ1) is 50.5. The number of H-pyrrole nitrogens is 3. The third kappa shape index (κ3) is 12.7. The van der Waals surface area contributed by atoms with Crippen molar-refractivity contribution in [3.8, 4) is 11.5 Å². The molecule has 3 aromatic heterocycles. The van der Waals surface area contributed by atoms with Gasteiger partial charge in [0, 0.05) is 146 Å². The van der Waals surface area contributed by atoms with Crippen LogP contribution in [0.25, 0.3) is 54.3 Å². The van der Waals surface area contributed by atoms with E-state index in [1.807, 2.05) is 163 Å². The van der Waals surface area contributed by atoms with Crippen molar-refractivity contribution >= 4 is 163 Å². The molecule has 24 heteroatoms. The smallest absolute Gasteiger partial charge is 0.857 e. The van der Waals surface area contributed by atoms with Crippen LogP contribution in [0.1, 0.15) is 135 Å². The van der Waals surface area contributed by atoms with Crippen LogP contribution in [0.2, 0.25) is 0 Å². The first-order valence-electron chi connectivity index (χ1n) is 35.5. The molecule has 6 aliphatic heterocycles. The summed E-state index contributed by atoms with van der Waals surface area (Å²) in [5, 5.41) is 40.2. The molecular weight excluding hydrogens is 1520 g/mol. The van der Waals surface area contributed by atoms with E-state index in [2.05, 4.69) is 42.3 Å². The number of aromatic nitrogens is 3. The third-order valence-electron chi connectivity index (χ3n) is 21.7. The number of amides is 5. The molecule has 0 bridgehead atoms. The van der Waals surface area contributed by atoms with E-state index in [1.165, 1.54) is 5.56 Å². The summed E-state index contributed by atoms with van der Waals surface area (Å²) in [6.07, 6.45) is 4.27. The van der Waals surface area contributed by atoms with Gasteiger partial charge in [-0.05, 0) is 172 Å². The Hall–Kier alpha value is -9.13. The van der Waals surface area contributed by atoms with E-state index < -0.39 is 11.2 Å². The van der Waals surface area contributed by atoms with Gasteiger partial charge in [0.1, 0.15) is 39.8 Å².